The number of aromatic amines is 1. The molecule has 0 aliphatic carbocycles. The minimum Gasteiger partial charge on any atom is -0.494 e. The molecule has 11 N–H and O–H groups in total. The molecule has 414 valence electrons. The maximum atomic E-state index is 13.6. The van der Waals surface area contributed by atoms with Gasteiger partial charge in [-0.15, -0.1) is 0 Å². The number of nitrogens with one attached hydrogen (secondary N) is 6. The number of aromatic nitrogens is 2. The van der Waals surface area contributed by atoms with E-state index in [4.69, 9.17) is 34.5 Å². The SMILES string of the molecule is Cc1cc(OCCCC(=O)NCCCOCCOCCOCCCNC(=O)C(N)Cc2ccc(OP(=O)(O)O)cc2)cc(C)c1S(=O)(=O)NC(CNC(=O)C1=Nc2cc(CNc3ncc[nH]3)ccc2C(=O)C1C)C(=O)O. The Balaban J connectivity index is 0.897. The van der Waals surface area contributed by atoms with Gasteiger partial charge in [0.1, 0.15) is 23.3 Å². The predicted molar refractivity (Wildman–Crippen MR) is 277 cm³/mol. The molecule has 0 fully saturated rings. The molecule has 0 spiro atoms. The first kappa shape index (κ1) is 60.3. The minimum atomic E-state index is -4.66. The van der Waals surface area contributed by atoms with Crippen molar-refractivity contribution >= 4 is 64.7 Å². The molecule has 27 heteroatoms. The molecule has 3 amide bonds. The Bertz CT molecular complexity index is 2770. The highest BCUT2D eigenvalue weighted by Crippen LogP contribution is 2.37. The van der Waals surface area contributed by atoms with Crippen molar-refractivity contribution in [2.75, 3.05) is 71.2 Å². The molecular weight excluding hydrogens is 1030 g/mol. The monoisotopic (exact) mass is 1100 g/mol. The number of aryl methyl sites for hydroxylation is 2. The average molecular weight is 1100 g/mol. The molecule has 0 saturated heterocycles. The number of benzene rings is 3. The third kappa shape index (κ3) is 19.8. The van der Waals surface area contributed by atoms with Gasteiger partial charge in [-0.3, -0.25) is 33.8 Å². The summed E-state index contributed by atoms with van der Waals surface area (Å²) in [4.78, 5) is 92.6. The van der Waals surface area contributed by atoms with Crippen LogP contribution in [0.1, 0.15) is 65.2 Å². The second-order valence-electron chi connectivity index (χ2n) is 17.5. The highest BCUT2D eigenvalue weighted by molar-refractivity contribution is 7.89. The second-order valence-corrected chi connectivity index (χ2v) is 20.3. The first-order chi connectivity index (χ1) is 36.2. The zero-order valence-corrected chi connectivity index (χ0v) is 44.1. The lowest BCUT2D eigenvalue weighted by Gasteiger charge is -2.22. The van der Waals surface area contributed by atoms with Gasteiger partial charge in [-0.05, 0) is 105 Å². The van der Waals surface area contributed by atoms with Crippen molar-refractivity contribution in [1.82, 2.24) is 30.6 Å². The maximum Gasteiger partial charge on any atom is 0.524 e. The molecule has 0 saturated carbocycles. The van der Waals surface area contributed by atoms with Gasteiger partial charge in [-0.1, -0.05) is 18.2 Å². The normalized spacial score (nSPS) is 14.2. The lowest BCUT2D eigenvalue weighted by molar-refractivity contribution is -0.139. The topological polar surface area (TPSA) is 371 Å². The molecule has 3 aromatic carbocycles. The lowest BCUT2D eigenvalue weighted by Crippen LogP contribution is -2.50. The van der Waals surface area contributed by atoms with Crippen LogP contribution in [0.15, 0.2) is 76.9 Å². The number of phosphoric acid groups is 1. The number of aliphatic carboxylic acids is 1. The van der Waals surface area contributed by atoms with Gasteiger partial charge in [0.15, 0.2) is 11.7 Å². The van der Waals surface area contributed by atoms with Gasteiger partial charge in [0.2, 0.25) is 21.8 Å². The minimum absolute atomic E-state index is 0.00146. The number of sulfonamides is 1. The van der Waals surface area contributed by atoms with E-state index in [0.29, 0.717) is 101 Å². The number of amides is 3. The van der Waals surface area contributed by atoms with Gasteiger partial charge >= 0.3 is 13.8 Å². The van der Waals surface area contributed by atoms with Gasteiger partial charge in [0.25, 0.3) is 5.91 Å². The number of carbonyl (C=O) groups excluding carboxylic acids is 4. The number of fused-ring (bicyclic) bond motifs is 1. The third-order valence-electron chi connectivity index (χ3n) is 11.4. The van der Waals surface area contributed by atoms with Crippen molar-refractivity contribution in [3.63, 3.8) is 0 Å². The van der Waals surface area contributed by atoms with Gasteiger partial charge in [0.05, 0.1) is 55.6 Å². The average Bonchev–Trinajstić information content (AvgIpc) is 3.89. The lowest BCUT2D eigenvalue weighted by atomic mass is 9.89. The van der Waals surface area contributed by atoms with Crippen LogP contribution in [0.3, 0.4) is 0 Å². The number of rotatable bonds is 34. The number of carboxylic acids is 1. The maximum absolute atomic E-state index is 13.6. The first-order valence-electron chi connectivity index (χ1n) is 24.3. The Morgan fingerprint density at radius 3 is 2.08 bits per heavy atom. The quantitative estimate of drug-likeness (QED) is 0.0237. The summed E-state index contributed by atoms with van der Waals surface area (Å²) in [5.74, 6) is -3.28. The van der Waals surface area contributed by atoms with Crippen molar-refractivity contribution in [2.24, 2.45) is 16.6 Å². The Kier molecular flexibility index (Phi) is 23.5. The van der Waals surface area contributed by atoms with Crippen LogP contribution in [0, 0.1) is 19.8 Å². The number of anilines is 1. The molecule has 0 bridgehead atoms. The van der Waals surface area contributed by atoms with Crippen LogP contribution >= 0.6 is 7.82 Å². The van der Waals surface area contributed by atoms with Gasteiger partial charge < -0.3 is 60.6 Å². The zero-order chi connectivity index (χ0) is 55.3. The number of imidazole rings is 1. The van der Waals surface area contributed by atoms with Crippen LogP contribution in [-0.4, -0.2) is 146 Å². The summed E-state index contributed by atoms with van der Waals surface area (Å²) in [6.07, 6.45) is 5.19. The van der Waals surface area contributed by atoms with Crippen LogP contribution in [0.4, 0.5) is 11.6 Å². The highest BCUT2D eigenvalue weighted by atomic mass is 32.2. The number of aliphatic imine (C=N–C) groups is 1. The predicted octanol–water partition coefficient (Wildman–Crippen LogP) is 2.35. The van der Waals surface area contributed by atoms with Crippen molar-refractivity contribution in [3.05, 3.63) is 94.8 Å². The van der Waals surface area contributed by atoms with Crippen LogP contribution < -0.4 is 41.0 Å². The van der Waals surface area contributed by atoms with Gasteiger partial charge in [0, 0.05) is 63.8 Å². The largest absolute Gasteiger partial charge is 0.524 e. The third-order valence-corrected chi connectivity index (χ3v) is 13.6. The molecule has 1 aromatic heterocycles. The molecule has 0 radical (unpaired) electrons. The summed E-state index contributed by atoms with van der Waals surface area (Å²) in [7, 11) is -9.10. The summed E-state index contributed by atoms with van der Waals surface area (Å²) >= 11 is 0. The van der Waals surface area contributed by atoms with E-state index in [-0.39, 0.29) is 70.2 Å². The van der Waals surface area contributed by atoms with Crippen LogP contribution in [0.2, 0.25) is 0 Å². The van der Waals surface area contributed by atoms with Gasteiger partial charge in [-0.2, -0.15) is 4.72 Å². The van der Waals surface area contributed by atoms with Crippen molar-refractivity contribution in [1.29, 1.82) is 0 Å². The van der Waals surface area contributed by atoms with E-state index < -0.39 is 54.3 Å². The van der Waals surface area contributed by atoms with E-state index >= 15 is 0 Å². The number of ketones is 1. The number of ether oxygens (including phenoxy) is 4. The van der Waals surface area contributed by atoms with Crippen molar-refractivity contribution in [2.45, 2.75) is 76.4 Å². The van der Waals surface area contributed by atoms with Crippen molar-refractivity contribution in [3.8, 4) is 11.5 Å². The fraction of sp³-hybridized carbons (Fsp3) is 0.449. The summed E-state index contributed by atoms with van der Waals surface area (Å²) in [6, 6.07) is 11.4. The second kappa shape index (κ2) is 29.6. The fourth-order valence-electron chi connectivity index (χ4n) is 7.64. The molecule has 1 aliphatic rings. The molecule has 25 nitrogen and oxygen atoms in total. The Morgan fingerprint density at radius 1 is 0.829 bits per heavy atom. The van der Waals surface area contributed by atoms with Crippen LogP contribution in [0.25, 0.3) is 0 Å². The number of Topliss-reactive ketones (excluding diaryl/α,β-unsaturated/α-hetero) is 1. The number of phosphoric ester groups is 1. The summed E-state index contributed by atoms with van der Waals surface area (Å²) in [6.45, 7) is 7.46. The standard InChI is InChI=1S/C49H66N9O16PS/c1-31-25-37(73-20-4-7-42(59)51-14-5-18-70-21-23-72-24-22-71-19-6-15-52-46(61)39(50)27-34-8-11-36(12-9-34)74-75(65,66)67)26-32(2)45(31)76(68,69)58-41(48(63)64)30-55-47(62)43-33(3)44(60)38-13-10-35(28-40(38)57-43)29-56-49-53-16-17-54-49/h8-13,16-17,25-26,28,33,39,41,58H,4-7,14-15,18-24,27,29-30,50H2,1-3H3,(H,51,59)(H,52,61)(H,55,62)(H,63,64)(H2,53,54,56)(H2,65,66,67). The zero-order valence-electron chi connectivity index (χ0n) is 42.4. The molecule has 2 heterocycles. The molecule has 76 heavy (non-hydrogen) atoms. The number of nitrogens with zero attached hydrogens (tertiary/aromatic N) is 2. The molecular formula is C49H66N9O16PS. The van der Waals surface area contributed by atoms with E-state index in [1.165, 1.54) is 45.0 Å². The molecule has 3 unspecified atom stereocenters. The summed E-state index contributed by atoms with van der Waals surface area (Å²) in [5, 5.41) is 21.1. The van der Waals surface area contributed by atoms with E-state index in [2.05, 4.69) is 45.5 Å². The number of nitrogens with two attached hydrogens (primary N) is 1. The number of carbonyl (C=O) groups is 5. The van der Waals surface area contributed by atoms with E-state index in [1.54, 1.807) is 42.7 Å². The number of carboxylic acid groups (broad SMARTS) is 1. The molecule has 3 atom stereocenters. The molecule has 4 aromatic rings. The Labute approximate surface area is 439 Å². The number of H-pyrrole nitrogens is 1. The van der Waals surface area contributed by atoms with Crippen LogP contribution in [-0.2, 0) is 60.9 Å². The highest BCUT2D eigenvalue weighted by Gasteiger charge is 2.34. The van der Waals surface area contributed by atoms with Gasteiger partial charge in [-0.25, -0.2) is 23.0 Å². The smallest absolute Gasteiger partial charge is 0.494 e. The summed E-state index contributed by atoms with van der Waals surface area (Å²) < 4.78 is 67.2. The summed E-state index contributed by atoms with van der Waals surface area (Å²) in [5.41, 5.74) is 8.43. The molecule has 1 aliphatic heterocycles. The van der Waals surface area contributed by atoms with E-state index in [0.717, 1.165) is 5.56 Å². The molecule has 5 rings (SSSR count). The number of hydrogen-bond acceptors (Lipinski definition) is 17. The first-order valence-corrected chi connectivity index (χ1v) is 27.4. The van der Waals surface area contributed by atoms with E-state index in [9.17, 15) is 42.1 Å². The van der Waals surface area contributed by atoms with Crippen molar-refractivity contribution < 1.29 is 75.3 Å². The fourth-order valence-corrected chi connectivity index (χ4v) is 9.68. The van der Waals surface area contributed by atoms with Crippen LogP contribution in [0.5, 0.6) is 11.5 Å². The van der Waals surface area contributed by atoms with E-state index in [1.807, 2.05) is 0 Å². The Morgan fingerprint density at radius 2 is 1.46 bits per heavy atom. The Hall–Kier alpha value is -6.61. The number of hydrogen-bond donors (Lipinski definition) is 10.